The Morgan fingerprint density at radius 2 is 2.46 bits per heavy atom. The molecule has 0 aromatic heterocycles. The summed E-state index contributed by atoms with van der Waals surface area (Å²) in [5.74, 6) is 0. The van der Waals surface area contributed by atoms with Crippen molar-refractivity contribution in [2.24, 2.45) is 0 Å². The van der Waals surface area contributed by atoms with E-state index in [4.69, 9.17) is 29.4 Å². The number of hydrogen-bond acceptors (Lipinski definition) is 3. The quantitative estimate of drug-likeness (QED) is 0.133. The Bertz CT molecular complexity index is 201. The van der Waals surface area contributed by atoms with Crippen LogP contribution < -0.4 is 5.32 Å². The van der Waals surface area contributed by atoms with Gasteiger partial charge in [0, 0.05) is 0 Å². The minimum atomic E-state index is -0.935. The van der Waals surface area contributed by atoms with Gasteiger partial charge in [0.15, 0.2) is 0 Å². The van der Waals surface area contributed by atoms with Gasteiger partial charge in [-0.05, 0) is 0 Å². The summed E-state index contributed by atoms with van der Waals surface area (Å²) in [7, 11) is 16.9. The lowest BCUT2D eigenvalue weighted by molar-refractivity contribution is -0.867. The lowest BCUT2D eigenvalue weighted by Gasteiger charge is -2.33. The van der Waals surface area contributed by atoms with Crippen molar-refractivity contribution in [1.29, 1.82) is 0 Å². The number of quaternary nitrogens is 1. The van der Waals surface area contributed by atoms with Gasteiger partial charge in [-0.2, -0.15) is 0 Å². The van der Waals surface area contributed by atoms with Crippen LogP contribution in [0.25, 0.3) is 0 Å². The van der Waals surface area contributed by atoms with E-state index in [1.54, 1.807) is 0 Å². The maximum atomic E-state index is 10.1. The van der Waals surface area contributed by atoms with Gasteiger partial charge >= 0.3 is 14.7 Å². The van der Waals surface area contributed by atoms with E-state index in [9.17, 15) is 4.79 Å². The highest BCUT2D eigenvalue weighted by molar-refractivity contribution is 7.35. The number of nitrogens with zero attached hydrogens (tertiary/aromatic N) is 1. The zero-order valence-electron chi connectivity index (χ0n) is 8.19. The monoisotopic (exact) mass is 196 g/mol. The fourth-order valence-corrected chi connectivity index (χ4v) is 0.936. The first-order valence-electron chi connectivity index (χ1n) is 3.81. The highest BCUT2D eigenvalue weighted by Gasteiger charge is 2.29. The molecule has 5 nitrogen and oxygen atoms in total. The summed E-state index contributed by atoms with van der Waals surface area (Å²) in [6.07, 6.45) is -0.935. The van der Waals surface area contributed by atoms with E-state index < -0.39 is 13.0 Å². The molecule has 0 aromatic carbocycles. The first-order valence-corrected chi connectivity index (χ1v) is 4.17. The average Bonchev–Trinajstić information content (AvgIpc) is 2.11. The smallest absolute Gasteiger partial charge is 0.335 e. The normalized spacial score (nSPS) is 16.5. The zero-order chi connectivity index (χ0) is 11.2. The van der Waals surface area contributed by atoms with E-state index in [0.29, 0.717) is 0 Å². The van der Waals surface area contributed by atoms with Gasteiger partial charge in [0.25, 0.3) is 0 Å². The second-order valence-electron chi connectivity index (χ2n) is 2.24. The van der Waals surface area contributed by atoms with E-state index in [-0.39, 0.29) is 20.0 Å². The average molecular weight is 195 g/mol. The highest BCUT2D eigenvalue weighted by atomic mass is 31.1. The number of hydroxylamine groups is 1. The van der Waals surface area contributed by atoms with E-state index in [2.05, 4.69) is 10.1 Å². The van der Waals surface area contributed by atoms with E-state index in [1.165, 1.54) is 7.05 Å². The van der Waals surface area contributed by atoms with Crippen molar-refractivity contribution in [3.8, 4) is 0 Å². The number of carbonyl (C=O) groups excluding carboxylic acids is 1. The summed E-state index contributed by atoms with van der Waals surface area (Å²) < 4.78 is 15.6. The van der Waals surface area contributed by atoms with E-state index >= 15 is 0 Å². The highest BCUT2D eigenvalue weighted by Crippen LogP contribution is 2.27. The van der Waals surface area contributed by atoms with Gasteiger partial charge in [0.2, 0.25) is 15.3 Å². The van der Waals surface area contributed by atoms with Crippen LogP contribution in [0.4, 0.5) is 0 Å². The molecule has 64 valence electrons. The Kier molecular flexibility index (Phi) is 5.55. The third kappa shape index (κ3) is 4.72. The topological polar surface area (TPSA) is 47.6 Å². The van der Waals surface area contributed by atoms with Crippen LogP contribution >= 0.6 is 8.96 Å². The van der Waals surface area contributed by atoms with Crippen molar-refractivity contribution in [3.05, 3.63) is 0 Å². The minimum Gasteiger partial charge on any atom is -0.335 e. The molecule has 0 fully saturated rings. The Morgan fingerprint density at radius 3 is 2.85 bits per heavy atom. The van der Waals surface area contributed by atoms with Gasteiger partial charge in [0.05, 0.1) is 7.05 Å². The van der Waals surface area contributed by atoms with Crippen molar-refractivity contribution < 1.29 is 19.8 Å². The summed E-state index contributed by atoms with van der Waals surface area (Å²) in [6.45, 7) is -0.977. The molecular weight excluding hydrogens is 186 g/mol. The Balaban J connectivity index is 3.79. The molecular formula is C3H8B4N2O3P+. The lowest BCUT2D eigenvalue weighted by atomic mass is 9.27. The summed E-state index contributed by atoms with van der Waals surface area (Å²) in [4.78, 5) is 10.1. The Hall–Kier alpha value is 0.0397. The van der Waals surface area contributed by atoms with Crippen molar-refractivity contribution in [1.82, 2.24) is 5.32 Å². The summed E-state index contributed by atoms with van der Waals surface area (Å²) >= 11 is 0. The van der Waals surface area contributed by atoms with Gasteiger partial charge in [-0.15, -0.1) is 0 Å². The van der Waals surface area contributed by atoms with E-state index in [1.807, 2.05) is 0 Å². The molecule has 0 heterocycles. The Labute approximate surface area is 85.1 Å². The molecule has 1 amide bonds. The van der Waals surface area contributed by atoms with Crippen LogP contribution in [-0.2, 0) is 14.1 Å². The second-order valence-corrected chi connectivity index (χ2v) is 3.60. The molecule has 6 radical (unpaired) electrons. The molecule has 0 aliphatic carbocycles. The number of rotatable bonds is 6. The summed E-state index contributed by atoms with van der Waals surface area (Å²) in [6, 6.07) is 0. The third-order valence-electron chi connectivity index (χ3n) is 1.25. The maximum Gasteiger partial charge on any atom is 0.375 e. The number of carbonyl (C=O) groups is 1. The van der Waals surface area contributed by atoms with Crippen LogP contribution in [-0.4, -0.2) is 54.6 Å². The molecule has 0 spiro atoms. The van der Waals surface area contributed by atoms with Gasteiger partial charge in [-0.3, -0.25) is 9.32 Å². The van der Waals surface area contributed by atoms with Crippen molar-refractivity contribution >= 4 is 45.5 Å². The Morgan fingerprint density at radius 1 is 1.85 bits per heavy atom. The van der Waals surface area contributed by atoms with Crippen LogP contribution in [0, 0.1) is 0 Å². The fraction of sp³-hybridized carbons (Fsp3) is 0.667. The first kappa shape index (κ1) is 11.1. The molecule has 0 saturated carbocycles. The van der Waals surface area contributed by atoms with Crippen LogP contribution in [0.3, 0.4) is 0 Å². The predicted molar refractivity (Wildman–Crippen MR) is 53.8 cm³/mol. The van der Waals surface area contributed by atoms with Crippen LogP contribution in [0.15, 0.2) is 0 Å². The van der Waals surface area contributed by atoms with Crippen LogP contribution in [0.1, 0.15) is 1.37 Å². The number of amides is 1. The van der Waals surface area contributed by atoms with Crippen molar-refractivity contribution in [2.75, 3.05) is 13.8 Å². The van der Waals surface area contributed by atoms with E-state index in [0.717, 1.165) is 0 Å². The molecule has 13 heavy (non-hydrogen) atoms. The molecule has 1 N–H and O–H groups in total. The molecule has 10 heteroatoms. The van der Waals surface area contributed by atoms with Gasteiger partial charge in [-0.1, -0.05) is 0 Å². The predicted octanol–water partition coefficient (Wildman–Crippen LogP) is -2.00. The first-order chi connectivity index (χ1) is 6.42. The van der Waals surface area contributed by atoms with Gasteiger partial charge < -0.3 is 10.1 Å². The maximum absolute atomic E-state index is 10.1. The molecule has 0 bridgehead atoms. The molecule has 0 aliphatic heterocycles. The van der Waals surface area contributed by atoms with Gasteiger partial charge in [-0.25, -0.2) is 4.33 Å². The molecule has 0 aliphatic rings. The largest absolute Gasteiger partial charge is 0.375 e. The minimum absolute atomic E-state index is 0.120. The lowest BCUT2D eigenvalue weighted by Crippen LogP contribution is -2.50. The van der Waals surface area contributed by atoms with Gasteiger partial charge in [0.1, 0.15) is 23.6 Å². The van der Waals surface area contributed by atoms with Crippen molar-refractivity contribution in [2.45, 2.75) is 0 Å². The molecule has 2 atom stereocenters. The number of hydrogen-bond donors (Lipinski definition) is 1. The standard InChI is InChI=1S/C3H7B4N2O3P/c1-9(12-6,7(4)5)13-11-3-8-2-10/h2,13H,3H2,1H3/p+1/i2D. The molecule has 0 saturated heterocycles. The van der Waals surface area contributed by atoms with Crippen molar-refractivity contribution in [3.63, 3.8) is 0 Å². The third-order valence-corrected chi connectivity index (χ3v) is 2.29. The van der Waals surface area contributed by atoms with Crippen LogP contribution in [0.5, 0.6) is 0 Å². The second kappa shape index (κ2) is 6.49. The molecule has 2 unspecified atom stereocenters. The van der Waals surface area contributed by atoms with Crippen LogP contribution in [0.2, 0.25) is 0 Å². The molecule has 0 rings (SSSR count). The fourth-order valence-electron chi connectivity index (χ4n) is 0.379. The summed E-state index contributed by atoms with van der Waals surface area (Å²) in [5, 5.41) is 2.11. The SMILES string of the molecule is [2H]C(=O)NCOP[N+](C)(O[B])B([B])[B]. The number of nitrogens with one attached hydrogen (secondary N) is 1. The summed E-state index contributed by atoms with van der Waals surface area (Å²) in [5.41, 5.74) is 0. The molecule has 0 aromatic rings. The zero-order valence-corrected chi connectivity index (χ0v) is 8.19.